The molecule has 1 heterocycles. The van der Waals surface area contributed by atoms with Crippen LogP contribution in [0.3, 0.4) is 0 Å². The first kappa shape index (κ1) is 14.3. The van der Waals surface area contributed by atoms with Crippen LogP contribution >= 0.6 is 11.3 Å². The van der Waals surface area contributed by atoms with Crippen molar-refractivity contribution in [3.63, 3.8) is 0 Å². The molecule has 3 nitrogen and oxygen atoms in total. The van der Waals surface area contributed by atoms with E-state index in [9.17, 15) is 0 Å². The highest BCUT2D eigenvalue weighted by molar-refractivity contribution is 7.15. The molecular weight excluding hydrogens is 266 g/mol. The average Bonchev–Trinajstić information content (AvgIpc) is 2.83. The minimum absolute atomic E-state index is 0.496. The molecule has 2 aliphatic carbocycles. The lowest BCUT2D eigenvalue weighted by molar-refractivity contribution is 0.318. The molecule has 1 N–H and O–H groups in total. The summed E-state index contributed by atoms with van der Waals surface area (Å²) < 4.78 is 0. The van der Waals surface area contributed by atoms with Crippen molar-refractivity contribution in [1.29, 1.82) is 0 Å². The van der Waals surface area contributed by atoms with Crippen LogP contribution in [0.25, 0.3) is 0 Å². The summed E-state index contributed by atoms with van der Waals surface area (Å²) in [6.07, 6.45) is 8.05. The van der Waals surface area contributed by atoms with Crippen molar-refractivity contribution < 1.29 is 0 Å². The molecule has 1 saturated carbocycles. The third-order valence-corrected chi connectivity index (χ3v) is 5.94. The molecule has 4 heteroatoms. The second-order valence-electron chi connectivity index (χ2n) is 6.14. The van der Waals surface area contributed by atoms with Crippen molar-refractivity contribution in [2.45, 2.75) is 58.4 Å². The number of hydrogen-bond donors (Lipinski definition) is 1. The Hall–Kier alpha value is -0.610. The van der Waals surface area contributed by atoms with Crippen molar-refractivity contribution in [3.05, 3.63) is 10.6 Å². The SMILES string of the molecule is CCNC1CCCc2sc(N(CC)CC3CCC3)nc21. The number of thiazole rings is 1. The van der Waals surface area contributed by atoms with Gasteiger partial charge in [-0.05, 0) is 51.5 Å². The first-order chi connectivity index (χ1) is 9.81. The molecule has 0 radical (unpaired) electrons. The summed E-state index contributed by atoms with van der Waals surface area (Å²) >= 11 is 1.95. The van der Waals surface area contributed by atoms with E-state index in [4.69, 9.17) is 4.98 Å². The van der Waals surface area contributed by atoms with Crippen LogP contribution in [0.5, 0.6) is 0 Å². The molecular formula is C16H27N3S. The zero-order valence-electron chi connectivity index (χ0n) is 12.8. The average molecular weight is 293 g/mol. The zero-order chi connectivity index (χ0) is 13.9. The Morgan fingerprint density at radius 3 is 2.75 bits per heavy atom. The van der Waals surface area contributed by atoms with Gasteiger partial charge in [-0.1, -0.05) is 13.3 Å². The van der Waals surface area contributed by atoms with Crippen LogP contribution in [0.2, 0.25) is 0 Å². The van der Waals surface area contributed by atoms with Gasteiger partial charge < -0.3 is 10.2 Å². The Kier molecular flexibility index (Phi) is 4.61. The van der Waals surface area contributed by atoms with Crippen LogP contribution in [-0.2, 0) is 6.42 Å². The molecule has 0 aliphatic heterocycles. The highest BCUT2D eigenvalue weighted by Crippen LogP contribution is 2.37. The Labute approximate surface area is 126 Å². The maximum absolute atomic E-state index is 5.02. The van der Waals surface area contributed by atoms with Gasteiger partial charge in [-0.15, -0.1) is 11.3 Å². The molecule has 0 bridgehead atoms. The second-order valence-corrected chi connectivity index (χ2v) is 7.20. The molecule has 3 rings (SSSR count). The molecule has 112 valence electrons. The van der Waals surface area contributed by atoms with Gasteiger partial charge in [-0.2, -0.15) is 0 Å². The van der Waals surface area contributed by atoms with Gasteiger partial charge in [0.05, 0.1) is 11.7 Å². The van der Waals surface area contributed by atoms with Crippen LogP contribution in [0.1, 0.15) is 62.6 Å². The van der Waals surface area contributed by atoms with E-state index in [-0.39, 0.29) is 0 Å². The maximum atomic E-state index is 5.02. The lowest BCUT2D eigenvalue weighted by Gasteiger charge is -2.31. The summed E-state index contributed by atoms with van der Waals surface area (Å²) in [4.78, 5) is 9.06. The first-order valence-corrected chi connectivity index (χ1v) is 9.11. The molecule has 1 atom stereocenters. The fourth-order valence-corrected chi connectivity index (χ4v) is 4.55. The summed E-state index contributed by atoms with van der Waals surface area (Å²) in [5.74, 6) is 0.917. The number of fused-ring (bicyclic) bond motifs is 1. The van der Waals surface area contributed by atoms with Crippen LogP contribution in [0.4, 0.5) is 5.13 Å². The van der Waals surface area contributed by atoms with E-state index in [0.29, 0.717) is 6.04 Å². The van der Waals surface area contributed by atoms with E-state index in [1.165, 1.54) is 60.8 Å². The summed E-state index contributed by atoms with van der Waals surface area (Å²) in [7, 11) is 0. The fraction of sp³-hybridized carbons (Fsp3) is 0.812. The second kappa shape index (κ2) is 6.44. The van der Waals surface area contributed by atoms with E-state index in [0.717, 1.165) is 19.0 Å². The lowest BCUT2D eigenvalue weighted by atomic mass is 9.85. The van der Waals surface area contributed by atoms with Gasteiger partial charge in [0.25, 0.3) is 0 Å². The van der Waals surface area contributed by atoms with Crippen molar-refractivity contribution in [2.24, 2.45) is 5.92 Å². The molecule has 0 amide bonds. The molecule has 0 saturated heterocycles. The molecule has 2 aliphatic rings. The molecule has 20 heavy (non-hydrogen) atoms. The number of hydrogen-bond acceptors (Lipinski definition) is 4. The Bertz CT molecular complexity index is 439. The van der Waals surface area contributed by atoms with Gasteiger partial charge in [0, 0.05) is 18.0 Å². The number of rotatable bonds is 6. The summed E-state index contributed by atoms with van der Waals surface area (Å²) in [6, 6.07) is 0.496. The predicted octanol–water partition coefficient (Wildman–Crippen LogP) is 3.76. The van der Waals surface area contributed by atoms with Gasteiger partial charge in [-0.25, -0.2) is 4.98 Å². The highest BCUT2D eigenvalue weighted by atomic mass is 32.1. The van der Waals surface area contributed by atoms with Crippen LogP contribution in [0, 0.1) is 5.92 Å². The largest absolute Gasteiger partial charge is 0.348 e. The van der Waals surface area contributed by atoms with Gasteiger partial charge in [0.15, 0.2) is 5.13 Å². The highest BCUT2D eigenvalue weighted by Gasteiger charge is 2.27. The monoisotopic (exact) mass is 293 g/mol. The molecule has 1 unspecified atom stereocenters. The topological polar surface area (TPSA) is 28.2 Å². The Morgan fingerprint density at radius 2 is 2.10 bits per heavy atom. The van der Waals surface area contributed by atoms with Crippen LogP contribution in [-0.4, -0.2) is 24.6 Å². The van der Waals surface area contributed by atoms with Gasteiger partial charge >= 0.3 is 0 Å². The number of anilines is 1. The molecule has 0 aromatic carbocycles. The molecule has 1 aromatic rings. The van der Waals surface area contributed by atoms with Crippen LogP contribution in [0.15, 0.2) is 0 Å². The smallest absolute Gasteiger partial charge is 0.185 e. The number of nitrogens with zero attached hydrogens (tertiary/aromatic N) is 2. The summed E-state index contributed by atoms with van der Waals surface area (Å²) in [5, 5.41) is 4.87. The van der Waals surface area contributed by atoms with Crippen LogP contribution < -0.4 is 10.2 Å². The van der Waals surface area contributed by atoms with Crippen molar-refractivity contribution in [2.75, 3.05) is 24.5 Å². The summed E-state index contributed by atoms with van der Waals surface area (Å²) in [6.45, 7) is 7.80. The van der Waals surface area contributed by atoms with E-state index >= 15 is 0 Å². The fourth-order valence-electron chi connectivity index (χ4n) is 3.32. The van der Waals surface area contributed by atoms with Crippen molar-refractivity contribution >= 4 is 16.5 Å². The Morgan fingerprint density at radius 1 is 1.25 bits per heavy atom. The third kappa shape index (κ3) is 2.86. The molecule has 1 fully saturated rings. The number of nitrogens with one attached hydrogen (secondary N) is 1. The Balaban J connectivity index is 1.76. The molecule has 1 aromatic heterocycles. The zero-order valence-corrected chi connectivity index (χ0v) is 13.6. The van der Waals surface area contributed by atoms with Gasteiger partial charge in [-0.3, -0.25) is 0 Å². The quantitative estimate of drug-likeness (QED) is 0.865. The van der Waals surface area contributed by atoms with Gasteiger partial charge in [0.1, 0.15) is 0 Å². The number of aryl methyl sites for hydroxylation is 1. The lowest BCUT2D eigenvalue weighted by Crippen LogP contribution is -2.32. The minimum Gasteiger partial charge on any atom is -0.348 e. The number of aromatic nitrogens is 1. The van der Waals surface area contributed by atoms with E-state index in [2.05, 4.69) is 24.1 Å². The van der Waals surface area contributed by atoms with Crippen molar-refractivity contribution in [3.8, 4) is 0 Å². The summed E-state index contributed by atoms with van der Waals surface area (Å²) in [5.41, 5.74) is 1.35. The van der Waals surface area contributed by atoms with E-state index in [1.807, 2.05) is 11.3 Å². The van der Waals surface area contributed by atoms with Crippen molar-refractivity contribution in [1.82, 2.24) is 10.3 Å². The van der Waals surface area contributed by atoms with E-state index in [1.54, 1.807) is 0 Å². The normalized spacial score (nSPS) is 22.4. The first-order valence-electron chi connectivity index (χ1n) is 8.29. The third-order valence-electron chi connectivity index (χ3n) is 4.75. The molecule has 0 spiro atoms. The van der Waals surface area contributed by atoms with Gasteiger partial charge in [0.2, 0.25) is 0 Å². The maximum Gasteiger partial charge on any atom is 0.185 e. The minimum atomic E-state index is 0.496. The predicted molar refractivity (Wildman–Crippen MR) is 86.7 cm³/mol. The van der Waals surface area contributed by atoms with E-state index < -0.39 is 0 Å². The standard InChI is InChI=1S/C16H27N3S/c1-3-17-13-9-6-10-14-15(13)18-16(20-14)19(4-2)11-12-7-5-8-12/h12-13,17H,3-11H2,1-2H3.